The highest BCUT2D eigenvalue weighted by molar-refractivity contribution is 5.79. The van der Waals surface area contributed by atoms with E-state index in [1.807, 2.05) is 18.2 Å². The Hall–Kier alpha value is -2.14. The molecule has 0 atom stereocenters. The number of imidazole rings is 1. The van der Waals surface area contributed by atoms with Gasteiger partial charge in [0.25, 0.3) is 0 Å². The highest BCUT2D eigenvalue weighted by Crippen LogP contribution is 2.24. The summed E-state index contributed by atoms with van der Waals surface area (Å²) in [6.07, 6.45) is 3.07. The zero-order valence-corrected chi connectivity index (χ0v) is 8.47. The Morgan fingerprint density at radius 3 is 3.12 bits per heavy atom. The van der Waals surface area contributed by atoms with Crippen LogP contribution in [-0.4, -0.2) is 15.0 Å². The normalized spacial score (nSPS) is 11.1. The van der Waals surface area contributed by atoms with E-state index in [1.54, 1.807) is 6.33 Å². The van der Waals surface area contributed by atoms with E-state index in [0.717, 1.165) is 28.1 Å². The van der Waals surface area contributed by atoms with Gasteiger partial charge in [-0.1, -0.05) is 6.07 Å². The van der Waals surface area contributed by atoms with E-state index in [4.69, 9.17) is 10.2 Å². The van der Waals surface area contributed by atoms with E-state index in [2.05, 4.69) is 15.0 Å². The van der Waals surface area contributed by atoms with Crippen molar-refractivity contribution in [2.24, 2.45) is 5.73 Å². The number of benzene rings is 1. The van der Waals surface area contributed by atoms with Crippen LogP contribution >= 0.6 is 0 Å². The third-order valence-corrected chi connectivity index (χ3v) is 2.53. The Bertz CT molecular complexity index is 625. The molecular formula is C11H10N4O. The zero-order chi connectivity index (χ0) is 11.0. The lowest BCUT2D eigenvalue weighted by Crippen LogP contribution is -1.98. The van der Waals surface area contributed by atoms with Crippen molar-refractivity contribution >= 4 is 11.1 Å². The molecule has 16 heavy (non-hydrogen) atoms. The SMILES string of the molecule is NCc1[nH]cnc1-c1ccc2ncoc2c1. The Morgan fingerprint density at radius 1 is 1.31 bits per heavy atom. The monoisotopic (exact) mass is 214 g/mol. The van der Waals surface area contributed by atoms with Gasteiger partial charge in [-0.15, -0.1) is 0 Å². The number of fused-ring (bicyclic) bond motifs is 1. The predicted molar refractivity (Wildman–Crippen MR) is 59.5 cm³/mol. The van der Waals surface area contributed by atoms with Crippen molar-refractivity contribution in [3.05, 3.63) is 36.6 Å². The molecule has 80 valence electrons. The van der Waals surface area contributed by atoms with Crippen molar-refractivity contribution in [2.75, 3.05) is 0 Å². The van der Waals surface area contributed by atoms with Gasteiger partial charge < -0.3 is 15.1 Å². The van der Waals surface area contributed by atoms with E-state index in [-0.39, 0.29) is 0 Å². The Morgan fingerprint density at radius 2 is 2.25 bits per heavy atom. The van der Waals surface area contributed by atoms with Crippen LogP contribution in [0.1, 0.15) is 5.69 Å². The first kappa shape index (κ1) is 9.11. The fourth-order valence-electron chi connectivity index (χ4n) is 1.73. The second kappa shape index (κ2) is 3.46. The Balaban J connectivity index is 2.18. The summed E-state index contributed by atoms with van der Waals surface area (Å²) in [5, 5.41) is 0. The molecule has 0 fully saturated rings. The summed E-state index contributed by atoms with van der Waals surface area (Å²) >= 11 is 0. The molecule has 0 bridgehead atoms. The van der Waals surface area contributed by atoms with E-state index in [0.29, 0.717) is 6.54 Å². The van der Waals surface area contributed by atoms with Crippen molar-refractivity contribution in [3.8, 4) is 11.3 Å². The van der Waals surface area contributed by atoms with Crippen LogP contribution in [0.4, 0.5) is 0 Å². The number of nitrogens with zero attached hydrogens (tertiary/aromatic N) is 2. The molecule has 5 heteroatoms. The number of nitrogens with two attached hydrogens (primary N) is 1. The van der Waals surface area contributed by atoms with E-state index in [9.17, 15) is 0 Å². The van der Waals surface area contributed by atoms with Crippen LogP contribution in [0.5, 0.6) is 0 Å². The molecule has 3 rings (SSSR count). The smallest absolute Gasteiger partial charge is 0.181 e. The first-order valence-corrected chi connectivity index (χ1v) is 4.94. The van der Waals surface area contributed by atoms with E-state index in [1.165, 1.54) is 6.39 Å². The van der Waals surface area contributed by atoms with Gasteiger partial charge in [0.2, 0.25) is 0 Å². The van der Waals surface area contributed by atoms with Crippen molar-refractivity contribution in [1.82, 2.24) is 15.0 Å². The number of H-pyrrole nitrogens is 1. The number of oxazole rings is 1. The van der Waals surface area contributed by atoms with E-state index >= 15 is 0 Å². The van der Waals surface area contributed by atoms with Gasteiger partial charge in [0.15, 0.2) is 12.0 Å². The first-order chi connectivity index (χ1) is 7.88. The maximum absolute atomic E-state index is 5.62. The van der Waals surface area contributed by atoms with Crippen LogP contribution in [0.3, 0.4) is 0 Å². The summed E-state index contributed by atoms with van der Waals surface area (Å²) in [6.45, 7) is 0.434. The summed E-state index contributed by atoms with van der Waals surface area (Å²) in [5.74, 6) is 0. The lowest BCUT2D eigenvalue weighted by Gasteiger charge is -1.99. The number of aromatic nitrogens is 3. The largest absolute Gasteiger partial charge is 0.443 e. The fraction of sp³-hybridized carbons (Fsp3) is 0.0909. The molecule has 0 amide bonds. The fourth-order valence-corrected chi connectivity index (χ4v) is 1.73. The van der Waals surface area contributed by atoms with E-state index < -0.39 is 0 Å². The Kier molecular flexibility index (Phi) is 1.97. The minimum Gasteiger partial charge on any atom is -0.443 e. The number of aromatic amines is 1. The third-order valence-electron chi connectivity index (χ3n) is 2.53. The molecule has 0 aliphatic heterocycles. The highest BCUT2D eigenvalue weighted by Gasteiger charge is 2.08. The molecule has 2 heterocycles. The van der Waals surface area contributed by atoms with Crippen LogP contribution in [0.25, 0.3) is 22.4 Å². The van der Waals surface area contributed by atoms with Crippen LogP contribution in [0, 0.1) is 0 Å². The molecule has 1 aromatic carbocycles. The molecule has 0 saturated carbocycles. The summed E-state index contributed by atoms with van der Waals surface area (Å²) in [6, 6.07) is 5.78. The minimum atomic E-state index is 0.434. The number of hydrogen-bond acceptors (Lipinski definition) is 4. The zero-order valence-electron chi connectivity index (χ0n) is 8.47. The summed E-state index contributed by atoms with van der Waals surface area (Å²) in [5.41, 5.74) is 9.97. The van der Waals surface area contributed by atoms with Crippen molar-refractivity contribution in [1.29, 1.82) is 0 Å². The molecular weight excluding hydrogens is 204 g/mol. The molecule has 0 saturated heterocycles. The first-order valence-electron chi connectivity index (χ1n) is 4.94. The van der Waals surface area contributed by atoms with Gasteiger partial charge in [-0.05, 0) is 12.1 Å². The molecule has 2 aromatic heterocycles. The second-order valence-corrected chi connectivity index (χ2v) is 3.47. The average molecular weight is 214 g/mol. The molecule has 0 aliphatic rings. The highest BCUT2D eigenvalue weighted by atomic mass is 16.3. The van der Waals surface area contributed by atoms with Crippen LogP contribution < -0.4 is 5.73 Å². The maximum atomic E-state index is 5.62. The minimum absolute atomic E-state index is 0.434. The van der Waals surface area contributed by atoms with Crippen molar-refractivity contribution in [3.63, 3.8) is 0 Å². The topological polar surface area (TPSA) is 80.7 Å². The number of rotatable bonds is 2. The molecule has 3 N–H and O–H groups in total. The van der Waals surface area contributed by atoms with Crippen molar-refractivity contribution < 1.29 is 4.42 Å². The van der Waals surface area contributed by atoms with Crippen LogP contribution in [0.2, 0.25) is 0 Å². The summed E-state index contributed by atoms with van der Waals surface area (Å²) < 4.78 is 5.25. The van der Waals surface area contributed by atoms with Gasteiger partial charge in [0.05, 0.1) is 17.7 Å². The van der Waals surface area contributed by atoms with Gasteiger partial charge in [-0.2, -0.15) is 0 Å². The maximum Gasteiger partial charge on any atom is 0.181 e. The lowest BCUT2D eigenvalue weighted by molar-refractivity contribution is 0.602. The van der Waals surface area contributed by atoms with Gasteiger partial charge >= 0.3 is 0 Å². The molecule has 0 unspecified atom stereocenters. The molecule has 0 radical (unpaired) electrons. The number of hydrogen-bond donors (Lipinski definition) is 2. The average Bonchev–Trinajstić information content (AvgIpc) is 2.96. The molecule has 5 nitrogen and oxygen atoms in total. The summed E-state index contributed by atoms with van der Waals surface area (Å²) in [7, 11) is 0. The van der Waals surface area contributed by atoms with Crippen LogP contribution in [0.15, 0.2) is 35.3 Å². The standard InChI is InChI=1S/C11H10N4O/c12-4-9-11(14-5-13-9)7-1-2-8-10(3-7)16-6-15-8/h1-3,5-6H,4,12H2,(H,13,14). The summed E-state index contributed by atoms with van der Waals surface area (Å²) in [4.78, 5) is 11.3. The molecule has 0 spiro atoms. The third kappa shape index (κ3) is 1.30. The molecule has 3 aromatic rings. The lowest BCUT2D eigenvalue weighted by atomic mass is 10.1. The second-order valence-electron chi connectivity index (χ2n) is 3.47. The Labute approximate surface area is 91.3 Å². The molecule has 0 aliphatic carbocycles. The van der Waals surface area contributed by atoms with Gasteiger partial charge in [-0.25, -0.2) is 9.97 Å². The predicted octanol–water partition coefficient (Wildman–Crippen LogP) is 1.68. The van der Waals surface area contributed by atoms with Gasteiger partial charge in [0.1, 0.15) is 5.52 Å². The van der Waals surface area contributed by atoms with Crippen LogP contribution in [-0.2, 0) is 6.54 Å². The van der Waals surface area contributed by atoms with Gasteiger partial charge in [-0.3, -0.25) is 0 Å². The number of nitrogens with one attached hydrogen (secondary N) is 1. The van der Waals surface area contributed by atoms with Gasteiger partial charge in [0, 0.05) is 12.1 Å². The quantitative estimate of drug-likeness (QED) is 0.680. The van der Waals surface area contributed by atoms with Crippen molar-refractivity contribution in [2.45, 2.75) is 6.54 Å².